The molecule has 0 unspecified atom stereocenters. The van der Waals surface area contributed by atoms with E-state index in [1.807, 2.05) is 47.8 Å². The summed E-state index contributed by atoms with van der Waals surface area (Å²) in [6.07, 6.45) is 0.645. The molecule has 4 aromatic rings. The molecule has 0 bridgehead atoms. The summed E-state index contributed by atoms with van der Waals surface area (Å²) in [6, 6.07) is 14.3. The molecule has 3 heterocycles. The topological polar surface area (TPSA) is 80.9 Å². The van der Waals surface area contributed by atoms with Crippen molar-refractivity contribution in [3.05, 3.63) is 85.8 Å². The largest absolute Gasteiger partial charge is 0.497 e. The Labute approximate surface area is 200 Å². The van der Waals surface area contributed by atoms with E-state index in [0.717, 1.165) is 16.5 Å². The van der Waals surface area contributed by atoms with Crippen molar-refractivity contribution in [2.45, 2.75) is 12.5 Å². The number of amides is 1. The summed E-state index contributed by atoms with van der Waals surface area (Å²) in [5.74, 6) is 1.73. The molecule has 8 heteroatoms. The molecule has 1 N–H and O–H groups in total. The summed E-state index contributed by atoms with van der Waals surface area (Å²) >= 11 is 1.39. The minimum absolute atomic E-state index is 0.102. The van der Waals surface area contributed by atoms with Gasteiger partial charge in [-0.1, -0.05) is 6.07 Å². The molecule has 1 amide bonds. The number of fused-ring (bicyclic) bond motifs is 2. The number of carbonyl (C=O) groups excluding carboxylic acids is 1. The third-order valence-corrected chi connectivity index (χ3v) is 7.10. The van der Waals surface area contributed by atoms with Crippen LogP contribution in [0.4, 0.5) is 0 Å². The molecule has 1 aliphatic heterocycles. The van der Waals surface area contributed by atoms with Crippen LogP contribution in [0.1, 0.15) is 32.4 Å². The number of pyridine rings is 1. The highest BCUT2D eigenvalue weighted by atomic mass is 32.1. The van der Waals surface area contributed by atoms with E-state index in [2.05, 4.69) is 4.98 Å². The summed E-state index contributed by atoms with van der Waals surface area (Å²) in [5, 5.41) is 2.73. The number of H-pyrrole nitrogens is 1. The number of benzene rings is 2. The Kier molecular flexibility index (Phi) is 5.75. The van der Waals surface area contributed by atoms with Gasteiger partial charge in [-0.25, -0.2) is 0 Å². The molecule has 5 rings (SSSR count). The minimum atomic E-state index is -0.576. The molecule has 7 nitrogen and oxygen atoms in total. The maximum atomic E-state index is 13.5. The lowest BCUT2D eigenvalue weighted by molar-refractivity contribution is 0.0698. The van der Waals surface area contributed by atoms with Crippen LogP contribution in [0.15, 0.2) is 58.7 Å². The Balaban J connectivity index is 1.72. The predicted octanol–water partition coefficient (Wildman–Crippen LogP) is 4.40. The first-order valence-corrected chi connectivity index (χ1v) is 11.7. The van der Waals surface area contributed by atoms with Crippen molar-refractivity contribution in [2.24, 2.45) is 0 Å². The van der Waals surface area contributed by atoms with Crippen LogP contribution < -0.4 is 19.8 Å². The lowest BCUT2D eigenvalue weighted by Gasteiger charge is -2.37. The summed E-state index contributed by atoms with van der Waals surface area (Å²) in [5.41, 5.74) is 2.79. The van der Waals surface area contributed by atoms with Gasteiger partial charge in [0.05, 0.1) is 37.8 Å². The number of nitrogens with zero attached hydrogens (tertiary/aromatic N) is 1. The van der Waals surface area contributed by atoms with Crippen LogP contribution in [0.2, 0.25) is 0 Å². The van der Waals surface area contributed by atoms with E-state index in [0.29, 0.717) is 46.2 Å². The Morgan fingerprint density at radius 3 is 2.50 bits per heavy atom. The van der Waals surface area contributed by atoms with Gasteiger partial charge in [-0.05, 0) is 64.7 Å². The molecular formula is C26H24N2O5S. The van der Waals surface area contributed by atoms with Gasteiger partial charge in [-0.2, -0.15) is 0 Å². The van der Waals surface area contributed by atoms with Crippen molar-refractivity contribution >= 4 is 28.1 Å². The third kappa shape index (κ3) is 3.70. The molecule has 0 aliphatic carbocycles. The fourth-order valence-electron chi connectivity index (χ4n) is 4.57. The van der Waals surface area contributed by atoms with Crippen LogP contribution in [0.3, 0.4) is 0 Å². The predicted molar refractivity (Wildman–Crippen MR) is 132 cm³/mol. The van der Waals surface area contributed by atoms with Crippen molar-refractivity contribution in [3.63, 3.8) is 0 Å². The van der Waals surface area contributed by atoms with Crippen molar-refractivity contribution in [2.75, 3.05) is 27.9 Å². The van der Waals surface area contributed by atoms with Gasteiger partial charge in [-0.15, -0.1) is 11.3 Å². The van der Waals surface area contributed by atoms with Gasteiger partial charge >= 0.3 is 0 Å². The highest BCUT2D eigenvalue weighted by Crippen LogP contribution is 2.41. The smallest absolute Gasteiger partial charge is 0.264 e. The number of hydrogen-bond acceptors (Lipinski definition) is 6. The zero-order valence-corrected chi connectivity index (χ0v) is 19.9. The van der Waals surface area contributed by atoms with Crippen molar-refractivity contribution in [3.8, 4) is 17.2 Å². The monoisotopic (exact) mass is 476 g/mol. The summed E-state index contributed by atoms with van der Waals surface area (Å²) in [7, 11) is 4.76. The van der Waals surface area contributed by atoms with E-state index in [1.54, 1.807) is 32.3 Å². The molecule has 2 aromatic carbocycles. The number of rotatable bonds is 5. The number of ether oxygens (including phenoxy) is 3. The van der Waals surface area contributed by atoms with Crippen molar-refractivity contribution in [1.29, 1.82) is 0 Å². The van der Waals surface area contributed by atoms with Gasteiger partial charge in [0.15, 0.2) is 11.5 Å². The SMILES string of the molecule is COc1ccc2cc([C@H]3c4cc(OC)c(OC)cc4CCN3C(=O)c3cccs3)c(=O)[nH]c2c1. The highest BCUT2D eigenvalue weighted by molar-refractivity contribution is 7.12. The molecule has 174 valence electrons. The maximum Gasteiger partial charge on any atom is 0.264 e. The lowest BCUT2D eigenvalue weighted by atomic mass is 9.87. The number of thiophene rings is 1. The third-order valence-electron chi connectivity index (χ3n) is 6.24. The van der Waals surface area contributed by atoms with E-state index >= 15 is 0 Å². The van der Waals surface area contributed by atoms with Crippen LogP contribution in [0.5, 0.6) is 17.2 Å². The van der Waals surface area contributed by atoms with E-state index in [4.69, 9.17) is 14.2 Å². The Morgan fingerprint density at radius 2 is 1.79 bits per heavy atom. The van der Waals surface area contributed by atoms with Crippen LogP contribution in [-0.2, 0) is 6.42 Å². The van der Waals surface area contributed by atoms with Gasteiger partial charge in [0.2, 0.25) is 0 Å². The number of nitrogens with one attached hydrogen (secondary N) is 1. The molecule has 1 atom stereocenters. The Hall–Kier alpha value is -3.78. The van der Waals surface area contributed by atoms with E-state index in [-0.39, 0.29) is 11.5 Å². The van der Waals surface area contributed by atoms with Crippen LogP contribution in [0.25, 0.3) is 10.9 Å². The van der Waals surface area contributed by atoms with E-state index in [9.17, 15) is 9.59 Å². The quantitative estimate of drug-likeness (QED) is 0.462. The second-order valence-corrected chi connectivity index (χ2v) is 8.99. The molecule has 0 spiro atoms. The molecular weight excluding hydrogens is 452 g/mol. The normalized spacial score (nSPS) is 15.1. The average Bonchev–Trinajstić information content (AvgIpc) is 3.41. The second kappa shape index (κ2) is 8.87. The average molecular weight is 477 g/mol. The zero-order chi connectivity index (χ0) is 23.8. The Morgan fingerprint density at radius 1 is 1.00 bits per heavy atom. The lowest BCUT2D eigenvalue weighted by Crippen LogP contribution is -2.42. The van der Waals surface area contributed by atoms with Gasteiger partial charge in [-0.3, -0.25) is 9.59 Å². The number of aromatic nitrogens is 1. The molecule has 2 aromatic heterocycles. The zero-order valence-electron chi connectivity index (χ0n) is 19.1. The first kappa shape index (κ1) is 22.0. The minimum Gasteiger partial charge on any atom is -0.497 e. The molecule has 0 fully saturated rings. The number of aromatic amines is 1. The van der Waals surface area contributed by atoms with Gasteiger partial charge in [0.25, 0.3) is 11.5 Å². The van der Waals surface area contributed by atoms with E-state index in [1.165, 1.54) is 11.3 Å². The summed E-state index contributed by atoms with van der Waals surface area (Å²) in [4.78, 5) is 32.3. The number of carbonyl (C=O) groups is 1. The first-order chi connectivity index (χ1) is 16.5. The second-order valence-electron chi connectivity index (χ2n) is 8.04. The van der Waals surface area contributed by atoms with Crippen molar-refractivity contribution < 1.29 is 19.0 Å². The standard InChI is InChI=1S/C26H24N2O5S/c1-31-17-7-6-16-11-19(25(29)27-20(16)13-17)24-18-14-22(33-3)21(32-2)12-15(18)8-9-28(24)26(30)23-5-4-10-34-23/h4-7,10-14,24H,8-9H2,1-3H3,(H,27,29)/t24-/m1/s1. The van der Waals surface area contributed by atoms with Crippen LogP contribution in [0, 0.1) is 0 Å². The maximum absolute atomic E-state index is 13.5. The first-order valence-electron chi connectivity index (χ1n) is 10.8. The molecule has 1 aliphatic rings. The number of methoxy groups -OCH3 is 3. The molecule has 0 radical (unpaired) electrons. The molecule has 34 heavy (non-hydrogen) atoms. The van der Waals surface area contributed by atoms with Gasteiger partial charge in [0.1, 0.15) is 5.75 Å². The number of hydrogen-bond donors (Lipinski definition) is 1. The van der Waals surface area contributed by atoms with Crippen LogP contribution in [-0.4, -0.2) is 43.7 Å². The fraction of sp³-hybridized carbons (Fsp3) is 0.231. The van der Waals surface area contributed by atoms with E-state index < -0.39 is 6.04 Å². The van der Waals surface area contributed by atoms with Crippen LogP contribution >= 0.6 is 11.3 Å². The van der Waals surface area contributed by atoms with Crippen molar-refractivity contribution in [1.82, 2.24) is 9.88 Å². The molecule has 0 saturated carbocycles. The van der Waals surface area contributed by atoms with Gasteiger partial charge < -0.3 is 24.1 Å². The Bertz CT molecular complexity index is 1430. The molecule has 0 saturated heterocycles. The summed E-state index contributed by atoms with van der Waals surface area (Å²) < 4.78 is 16.3. The summed E-state index contributed by atoms with van der Waals surface area (Å²) in [6.45, 7) is 0.476. The van der Waals surface area contributed by atoms with Gasteiger partial charge in [0, 0.05) is 18.2 Å². The highest BCUT2D eigenvalue weighted by Gasteiger charge is 2.35. The fourth-order valence-corrected chi connectivity index (χ4v) is 5.25.